The third-order valence-corrected chi connectivity index (χ3v) is 3.50. The third kappa shape index (κ3) is 4.46. The van der Waals surface area contributed by atoms with E-state index in [0.717, 1.165) is 38.3 Å². The van der Waals surface area contributed by atoms with Crippen LogP contribution in [-0.4, -0.2) is 37.2 Å². The van der Waals surface area contributed by atoms with Crippen LogP contribution < -0.4 is 0 Å². The maximum Gasteiger partial charge on any atom is 0.103 e. The molecule has 3 heteroatoms. The Bertz CT molecular complexity index is 310. The number of ether oxygens (including phenoxy) is 1. The van der Waals surface area contributed by atoms with Gasteiger partial charge in [-0.3, -0.25) is 0 Å². The summed E-state index contributed by atoms with van der Waals surface area (Å²) in [5.41, 5.74) is 0. The molecule has 2 rings (SSSR count). The fourth-order valence-electron chi connectivity index (χ4n) is 2.57. The number of hydrogen-bond acceptors (Lipinski definition) is 3. The van der Waals surface area contributed by atoms with E-state index in [0.29, 0.717) is 6.10 Å². The van der Waals surface area contributed by atoms with Gasteiger partial charge in [-0.25, -0.2) is 0 Å². The van der Waals surface area contributed by atoms with Gasteiger partial charge in [-0.2, -0.15) is 0 Å². The number of nitrogens with zero attached hydrogens (tertiary/aromatic N) is 1. The molecule has 0 spiro atoms. The molecule has 1 aliphatic heterocycles. The smallest absolute Gasteiger partial charge is 0.103 e. The second-order valence-electron chi connectivity index (χ2n) is 5.12. The van der Waals surface area contributed by atoms with Crippen molar-refractivity contribution in [3.8, 4) is 0 Å². The molecule has 2 heterocycles. The van der Waals surface area contributed by atoms with Gasteiger partial charge in [-0.1, -0.05) is 6.92 Å². The molecule has 0 radical (unpaired) electrons. The molecule has 0 N–H and O–H groups in total. The Morgan fingerprint density at radius 2 is 2.44 bits per heavy atom. The largest absolute Gasteiger partial charge is 0.469 e. The predicted octanol–water partition coefficient (Wildman–Crippen LogP) is 3.10. The summed E-state index contributed by atoms with van der Waals surface area (Å²) in [5.74, 6) is 1.10. The first-order chi connectivity index (χ1) is 8.88. The van der Waals surface area contributed by atoms with Gasteiger partial charge in [0.15, 0.2) is 0 Å². The molecule has 18 heavy (non-hydrogen) atoms. The van der Waals surface area contributed by atoms with Crippen molar-refractivity contribution in [3.05, 3.63) is 24.2 Å². The van der Waals surface area contributed by atoms with Crippen molar-refractivity contribution in [3.63, 3.8) is 0 Å². The molecule has 0 amide bonds. The average molecular weight is 251 g/mol. The lowest BCUT2D eigenvalue weighted by atomic mass is 10.1. The van der Waals surface area contributed by atoms with Crippen molar-refractivity contribution in [2.45, 2.75) is 45.1 Å². The van der Waals surface area contributed by atoms with Crippen LogP contribution in [0.2, 0.25) is 0 Å². The lowest BCUT2D eigenvalue weighted by Gasteiger charge is -2.32. The van der Waals surface area contributed by atoms with Crippen LogP contribution in [0.3, 0.4) is 0 Å². The number of rotatable bonds is 7. The fraction of sp³-hybridized carbons (Fsp3) is 0.733. The highest BCUT2D eigenvalue weighted by Gasteiger charge is 2.19. The minimum absolute atomic E-state index is 0.460. The maximum absolute atomic E-state index is 5.85. The average Bonchev–Trinajstić information content (AvgIpc) is 2.90. The second-order valence-corrected chi connectivity index (χ2v) is 5.12. The van der Waals surface area contributed by atoms with Crippen LogP contribution in [0.4, 0.5) is 0 Å². The summed E-state index contributed by atoms with van der Waals surface area (Å²) in [6.07, 6.45) is 8.06. The van der Waals surface area contributed by atoms with Gasteiger partial charge in [0.25, 0.3) is 0 Å². The van der Waals surface area contributed by atoms with Gasteiger partial charge in [-0.05, 0) is 50.9 Å². The van der Waals surface area contributed by atoms with E-state index in [4.69, 9.17) is 9.15 Å². The van der Waals surface area contributed by atoms with Crippen molar-refractivity contribution < 1.29 is 9.15 Å². The Balaban J connectivity index is 1.63. The van der Waals surface area contributed by atoms with Crippen molar-refractivity contribution in [1.29, 1.82) is 0 Å². The van der Waals surface area contributed by atoms with E-state index < -0.39 is 0 Å². The normalized spacial score (nSPS) is 21.3. The van der Waals surface area contributed by atoms with Crippen LogP contribution in [0.25, 0.3) is 0 Å². The Hall–Kier alpha value is -0.800. The molecular weight excluding hydrogens is 226 g/mol. The summed E-state index contributed by atoms with van der Waals surface area (Å²) in [6, 6.07) is 4.02. The van der Waals surface area contributed by atoms with E-state index in [1.165, 1.54) is 25.8 Å². The molecule has 0 aliphatic carbocycles. The third-order valence-electron chi connectivity index (χ3n) is 3.50. The molecule has 0 aromatic carbocycles. The first-order valence-electron chi connectivity index (χ1n) is 7.25. The molecule has 1 aromatic rings. The van der Waals surface area contributed by atoms with Gasteiger partial charge in [0, 0.05) is 19.6 Å². The molecular formula is C15H25NO2. The highest BCUT2D eigenvalue weighted by Crippen LogP contribution is 2.14. The van der Waals surface area contributed by atoms with E-state index in [2.05, 4.69) is 17.9 Å². The van der Waals surface area contributed by atoms with Crippen LogP contribution >= 0.6 is 0 Å². The molecule has 1 fully saturated rings. The van der Waals surface area contributed by atoms with Gasteiger partial charge in [0.2, 0.25) is 0 Å². The van der Waals surface area contributed by atoms with Crippen LogP contribution in [0.5, 0.6) is 0 Å². The SMILES string of the molecule is CCCO[C@H]1CCCN(CCCc2ccco2)C1. The fourth-order valence-corrected chi connectivity index (χ4v) is 2.57. The Morgan fingerprint density at radius 3 is 3.22 bits per heavy atom. The highest BCUT2D eigenvalue weighted by atomic mass is 16.5. The Morgan fingerprint density at radius 1 is 1.50 bits per heavy atom. The van der Waals surface area contributed by atoms with Crippen LogP contribution in [0, 0.1) is 0 Å². The summed E-state index contributed by atoms with van der Waals surface area (Å²) >= 11 is 0. The van der Waals surface area contributed by atoms with Gasteiger partial charge < -0.3 is 14.1 Å². The topological polar surface area (TPSA) is 25.6 Å². The quantitative estimate of drug-likeness (QED) is 0.744. The predicted molar refractivity (Wildman–Crippen MR) is 72.7 cm³/mol. The molecule has 1 atom stereocenters. The zero-order valence-electron chi connectivity index (χ0n) is 11.4. The summed E-state index contributed by atoms with van der Waals surface area (Å²) < 4.78 is 11.2. The zero-order valence-corrected chi connectivity index (χ0v) is 11.4. The van der Waals surface area contributed by atoms with E-state index in [1.54, 1.807) is 6.26 Å². The Labute approximate surface area is 110 Å². The van der Waals surface area contributed by atoms with E-state index >= 15 is 0 Å². The standard InChI is InChI=1S/C15H25NO2/c1-2-11-17-15-7-4-10-16(13-15)9-3-6-14-8-5-12-18-14/h5,8,12,15H,2-4,6-7,9-11,13H2,1H3/t15-/m0/s1. The lowest BCUT2D eigenvalue weighted by Crippen LogP contribution is -2.40. The minimum Gasteiger partial charge on any atom is -0.469 e. The first kappa shape index (κ1) is 13.6. The van der Waals surface area contributed by atoms with Gasteiger partial charge in [0.05, 0.1) is 12.4 Å². The highest BCUT2D eigenvalue weighted by molar-refractivity contribution is 4.98. The van der Waals surface area contributed by atoms with Gasteiger partial charge in [-0.15, -0.1) is 0 Å². The monoisotopic (exact) mass is 251 g/mol. The molecule has 3 nitrogen and oxygen atoms in total. The lowest BCUT2D eigenvalue weighted by molar-refractivity contribution is -0.000253. The van der Waals surface area contributed by atoms with Gasteiger partial charge >= 0.3 is 0 Å². The van der Waals surface area contributed by atoms with Crippen LogP contribution in [0.15, 0.2) is 22.8 Å². The number of hydrogen-bond donors (Lipinski definition) is 0. The zero-order chi connectivity index (χ0) is 12.6. The summed E-state index contributed by atoms with van der Waals surface area (Å²) in [4.78, 5) is 2.53. The maximum atomic E-state index is 5.85. The van der Waals surface area contributed by atoms with Crippen LogP contribution in [-0.2, 0) is 11.2 Å². The molecule has 0 saturated carbocycles. The molecule has 1 aliphatic rings. The van der Waals surface area contributed by atoms with Gasteiger partial charge in [0.1, 0.15) is 5.76 Å². The molecule has 1 saturated heterocycles. The number of aryl methyl sites for hydroxylation is 1. The number of piperidine rings is 1. The van der Waals surface area contributed by atoms with E-state index in [-0.39, 0.29) is 0 Å². The summed E-state index contributed by atoms with van der Waals surface area (Å²) in [5, 5.41) is 0. The van der Waals surface area contributed by atoms with Crippen LogP contribution in [0.1, 0.15) is 38.4 Å². The molecule has 1 aromatic heterocycles. The van der Waals surface area contributed by atoms with Crippen molar-refractivity contribution in [2.75, 3.05) is 26.2 Å². The van der Waals surface area contributed by atoms with Crippen molar-refractivity contribution >= 4 is 0 Å². The minimum atomic E-state index is 0.460. The Kier molecular flexibility index (Phi) is 5.75. The molecule has 102 valence electrons. The molecule has 0 bridgehead atoms. The second kappa shape index (κ2) is 7.59. The first-order valence-corrected chi connectivity index (χ1v) is 7.25. The van der Waals surface area contributed by atoms with E-state index in [1.807, 2.05) is 6.07 Å². The summed E-state index contributed by atoms with van der Waals surface area (Å²) in [6.45, 7) is 6.57. The van der Waals surface area contributed by atoms with Crippen molar-refractivity contribution in [2.24, 2.45) is 0 Å². The number of furan rings is 1. The van der Waals surface area contributed by atoms with Crippen molar-refractivity contribution in [1.82, 2.24) is 4.90 Å². The van der Waals surface area contributed by atoms with E-state index in [9.17, 15) is 0 Å². The summed E-state index contributed by atoms with van der Waals surface area (Å²) in [7, 11) is 0. The molecule has 0 unspecified atom stereocenters. The number of likely N-dealkylation sites (tertiary alicyclic amines) is 1.